The molecule has 0 aliphatic rings. The molecule has 0 aliphatic carbocycles. The molecule has 0 unspecified atom stereocenters. The number of nitrogens with two attached hydrogens (primary N) is 1. The molecule has 2 aromatic rings. The fraction of sp³-hybridized carbons (Fsp3) is 0.231. The van der Waals surface area contributed by atoms with Crippen molar-refractivity contribution in [2.24, 2.45) is 5.84 Å². The van der Waals surface area contributed by atoms with Gasteiger partial charge in [0.1, 0.15) is 5.75 Å². The number of methoxy groups -OCH3 is 1. The van der Waals surface area contributed by atoms with Gasteiger partial charge in [-0.3, -0.25) is 5.43 Å². The van der Waals surface area contributed by atoms with E-state index in [2.05, 4.69) is 31.3 Å². The van der Waals surface area contributed by atoms with Gasteiger partial charge in [-0.2, -0.15) is 4.98 Å². The lowest BCUT2D eigenvalue weighted by molar-refractivity contribution is 0.202. The average Bonchev–Trinajstić information content (AvgIpc) is 2.49. The van der Waals surface area contributed by atoms with Crippen LogP contribution in [0.25, 0.3) is 0 Å². The van der Waals surface area contributed by atoms with Crippen LogP contribution < -0.4 is 16.0 Å². The smallest absolute Gasteiger partial charge is 0.240 e. The van der Waals surface area contributed by atoms with Gasteiger partial charge < -0.3 is 9.47 Å². The van der Waals surface area contributed by atoms with Gasteiger partial charge in [0.05, 0.1) is 17.3 Å². The van der Waals surface area contributed by atoms with Crippen LogP contribution in [0.15, 0.2) is 34.9 Å². The summed E-state index contributed by atoms with van der Waals surface area (Å²) in [5, 5.41) is 0. The summed E-state index contributed by atoms with van der Waals surface area (Å²) in [7, 11) is 1.69. The van der Waals surface area contributed by atoms with Crippen LogP contribution in [-0.2, 0) is 11.2 Å². The average molecular weight is 339 g/mol. The summed E-state index contributed by atoms with van der Waals surface area (Å²) in [6.45, 7) is 0.698. The van der Waals surface area contributed by atoms with Crippen molar-refractivity contribution in [1.82, 2.24) is 9.97 Å². The van der Waals surface area contributed by atoms with Gasteiger partial charge in [0, 0.05) is 7.11 Å². The topological polar surface area (TPSA) is 82.3 Å². The largest absolute Gasteiger partial charge is 0.438 e. The van der Waals surface area contributed by atoms with Gasteiger partial charge in [0.15, 0.2) is 0 Å². The lowest BCUT2D eigenvalue weighted by Crippen LogP contribution is -2.10. The van der Waals surface area contributed by atoms with Crippen molar-refractivity contribution in [2.75, 3.05) is 19.1 Å². The van der Waals surface area contributed by atoms with E-state index in [1.807, 2.05) is 24.3 Å². The first kappa shape index (κ1) is 14.7. The summed E-state index contributed by atoms with van der Waals surface area (Å²) >= 11 is 3.33. The second-order valence-corrected chi connectivity index (χ2v) is 4.83. The number of hydrazine groups is 1. The van der Waals surface area contributed by atoms with E-state index in [9.17, 15) is 0 Å². The summed E-state index contributed by atoms with van der Waals surface area (Å²) in [5.74, 6) is 6.65. The maximum Gasteiger partial charge on any atom is 0.240 e. The quantitative estimate of drug-likeness (QED) is 0.622. The van der Waals surface area contributed by atoms with Crippen molar-refractivity contribution in [2.45, 2.75) is 6.42 Å². The molecule has 0 saturated heterocycles. The standard InChI is InChI=1S/C13H15BrN4O2/c1-19-7-6-9-2-4-10(5-3-9)20-12-11(14)8-16-13(17-12)18-15/h2-5,8H,6-7,15H2,1H3,(H,16,17,18). The van der Waals surface area contributed by atoms with Gasteiger partial charge in [-0.05, 0) is 40.0 Å². The molecular formula is C13H15BrN4O2. The van der Waals surface area contributed by atoms with Crippen LogP contribution in [-0.4, -0.2) is 23.7 Å². The zero-order chi connectivity index (χ0) is 14.4. The highest BCUT2D eigenvalue weighted by atomic mass is 79.9. The van der Waals surface area contributed by atoms with Gasteiger partial charge in [0.25, 0.3) is 0 Å². The molecular weight excluding hydrogens is 324 g/mol. The normalized spacial score (nSPS) is 10.3. The number of nitrogen functional groups attached to an aromatic ring is 1. The number of ether oxygens (including phenoxy) is 2. The highest BCUT2D eigenvalue weighted by Gasteiger charge is 2.07. The van der Waals surface area contributed by atoms with Crippen molar-refractivity contribution < 1.29 is 9.47 Å². The van der Waals surface area contributed by atoms with Crippen LogP contribution in [0.5, 0.6) is 11.6 Å². The monoisotopic (exact) mass is 338 g/mol. The molecule has 2 rings (SSSR count). The van der Waals surface area contributed by atoms with Gasteiger partial charge in [-0.15, -0.1) is 0 Å². The third-order valence-corrected chi connectivity index (χ3v) is 3.12. The Bertz CT molecular complexity index is 563. The highest BCUT2D eigenvalue weighted by Crippen LogP contribution is 2.27. The molecule has 3 N–H and O–H groups in total. The number of nitrogens with zero attached hydrogens (tertiary/aromatic N) is 2. The second-order valence-electron chi connectivity index (χ2n) is 3.98. The van der Waals surface area contributed by atoms with E-state index in [4.69, 9.17) is 15.3 Å². The Morgan fingerprint density at radius 2 is 2.05 bits per heavy atom. The first-order valence-corrected chi connectivity index (χ1v) is 6.77. The van der Waals surface area contributed by atoms with Crippen molar-refractivity contribution >= 4 is 21.9 Å². The Morgan fingerprint density at radius 3 is 2.70 bits per heavy atom. The molecule has 0 saturated carbocycles. The minimum atomic E-state index is 0.292. The second kappa shape index (κ2) is 7.18. The molecule has 0 fully saturated rings. The van der Waals surface area contributed by atoms with E-state index in [0.717, 1.165) is 6.42 Å². The van der Waals surface area contributed by atoms with Gasteiger partial charge in [-0.25, -0.2) is 10.8 Å². The Labute approximate surface area is 125 Å². The van der Waals surface area contributed by atoms with E-state index in [1.54, 1.807) is 13.3 Å². The molecule has 0 radical (unpaired) electrons. The van der Waals surface area contributed by atoms with Gasteiger partial charge >= 0.3 is 0 Å². The lowest BCUT2D eigenvalue weighted by atomic mass is 10.1. The zero-order valence-corrected chi connectivity index (χ0v) is 12.6. The third-order valence-electron chi connectivity index (χ3n) is 2.57. The minimum Gasteiger partial charge on any atom is -0.438 e. The Balaban J connectivity index is 2.09. The first-order chi connectivity index (χ1) is 9.72. The minimum absolute atomic E-state index is 0.292. The molecule has 1 heterocycles. The molecule has 1 aromatic carbocycles. The Morgan fingerprint density at radius 1 is 1.30 bits per heavy atom. The number of hydrogen-bond acceptors (Lipinski definition) is 6. The summed E-state index contributed by atoms with van der Waals surface area (Å²) in [6, 6.07) is 7.75. The molecule has 1 aromatic heterocycles. The fourth-order valence-electron chi connectivity index (χ4n) is 1.55. The fourth-order valence-corrected chi connectivity index (χ4v) is 1.82. The number of benzene rings is 1. The number of anilines is 1. The van der Waals surface area contributed by atoms with Crippen molar-refractivity contribution in [3.8, 4) is 11.6 Å². The third kappa shape index (κ3) is 3.89. The van der Waals surface area contributed by atoms with Crippen LogP contribution in [0.4, 0.5) is 5.95 Å². The van der Waals surface area contributed by atoms with E-state index in [-0.39, 0.29) is 0 Å². The molecule has 0 amide bonds. The molecule has 6 nitrogen and oxygen atoms in total. The predicted octanol–water partition coefficient (Wildman–Crippen LogP) is 2.51. The molecule has 0 atom stereocenters. The van der Waals surface area contributed by atoms with Gasteiger partial charge in [-0.1, -0.05) is 12.1 Å². The van der Waals surface area contributed by atoms with E-state index >= 15 is 0 Å². The van der Waals surface area contributed by atoms with E-state index < -0.39 is 0 Å². The van der Waals surface area contributed by atoms with Crippen LogP contribution >= 0.6 is 15.9 Å². The van der Waals surface area contributed by atoms with Crippen LogP contribution in [0, 0.1) is 0 Å². The summed E-state index contributed by atoms with van der Waals surface area (Å²) in [4.78, 5) is 8.08. The van der Waals surface area contributed by atoms with Crippen molar-refractivity contribution in [3.05, 3.63) is 40.5 Å². The van der Waals surface area contributed by atoms with Crippen molar-refractivity contribution in [1.29, 1.82) is 0 Å². The molecule has 106 valence electrons. The molecule has 7 heteroatoms. The van der Waals surface area contributed by atoms with Crippen LogP contribution in [0.3, 0.4) is 0 Å². The molecule has 0 spiro atoms. The zero-order valence-electron chi connectivity index (χ0n) is 11.0. The highest BCUT2D eigenvalue weighted by molar-refractivity contribution is 9.10. The number of hydrogen-bond donors (Lipinski definition) is 2. The SMILES string of the molecule is COCCc1ccc(Oc2nc(NN)ncc2Br)cc1. The van der Waals surface area contributed by atoms with Crippen molar-refractivity contribution in [3.63, 3.8) is 0 Å². The predicted molar refractivity (Wildman–Crippen MR) is 79.6 cm³/mol. The van der Waals surface area contributed by atoms with E-state index in [1.165, 1.54) is 5.56 Å². The summed E-state index contributed by atoms with van der Waals surface area (Å²) in [5.41, 5.74) is 3.56. The number of nitrogens with one attached hydrogen (secondary N) is 1. The maximum atomic E-state index is 5.69. The number of rotatable bonds is 6. The first-order valence-electron chi connectivity index (χ1n) is 5.98. The lowest BCUT2D eigenvalue weighted by Gasteiger charge is -2.08. The summed E-state index contributed by atoms with van der Waals surface area (Å²) in [6.07, 6.45) is 2.44. The Kier molecular flexibility index (Phi) is 5.28. The molecule has 20 heavy (non-hydrogen) atoms. The van der Waals surface area contributed by atoms with Crippen LogP contribution in [0.2, 0.25) is 0 Å². The number of halogens is 1. The summed E-state index contributed by atoms with van der Waals surface area (Å²) < 4.78 is 11.4. The molecule has 0 bridgehead atoms. The Hall–Kier alpha value is -1.70. The van der Waals surface area contributed by atoms with E-state index in [0.29, 0.717) is 28.7 Å². The molecule has 0 aliphatic heterocycles. The van der Waals surface area contributed by atoms with Gasteiger partial charge in [0.2, 0.25) is 11.8 Å². The van der Waals surface area contributed by atoms with Crippen LogP contribution in [0.1, 0.15) is 5.56 Å². The number of aromatic nitrogens is 2. The maximum absolute atomic E-state index is 5.69.